The summed E-state index contributed by atoms with van der Waals surface area (Å²) >= 11 is 0. The zero-order valence-corrected chi connectivity index (χ0v) is 19.9. The minimum Gasteiger partial charge on any atom is -0.492 e. The third kappa shape index (κ3) is 4.91. The molecule has 2 atom stereocenters. The van der Waals surface area contributed by atoms with Crippen molar-refractivity contribution < 1.29 is 18.9 Å². The van der Waals surface area contributed by atoms with Crippen molar-refractivity contribution >= 4 is 11.6 Å². The minimum atomic E-state index is -0.370. The molecule has 2 aromatic rings. The van der Waals surface area contributed by atoms with Crippen LogP contribution >= 0.6 is 0 Å². The fourth-order valence-corrected chi connectivity index (χ4v) is 5.15. The largest absolute Gasteiger partial charge is 0.492 e. The molecule has 35 heavy (non-hydrogen) atoms. The van der Waals surface area contributed by atoms with Crippen molar-refractivity contribution in [3.8, 4) is 5.75 Å². The van der Waals surface area contributed by atoms with Crippen LogP contribution in [-0.2, 0) is 26.4 Å². The first-order valence-electron chi connectivity index (χ1n) is 12.6. The number of benzene rings is 1. The molecule has 4 aliphatic rings. The second-order valence-corrected chi connectivity index (χ2v) is 9.57. The molecule has 1 aromatic heterocycles. The molecule has 0 spiro atoms. The molecule has 0 amide bonds. The Kier molecular flexibility index (Phi) is 6.41. The maximum absolute atomic E-state index is 6.17. The molecule has 184 valence electrons. The van der Waals surface area contributed by atoms with Gasteiger partial charge in [0, 0.05) is 36.3 Å². The van der Waals surface area contributed by atoms with Gasteiger partial charge in [-0.15, -0.1) is 0 Å². The lowest BCUT2D eigenvalue weighted by Crippen LogP contribution is -2.25. The zero-order chi connectivity index (χ0) is 23.5. The van der Waals surface area contributed by atoms with Crippen LogP contribution in [0.4, 0.5) is 11.6 Å². The number of aromatic nitrogens is 2. The molecule has 1 saturated heterocycles. The predicted molar refractivity (Wildman–Crippen MR) is 131 cm³/mol. The Morgan fingerprint density at radius 2 is 1.94 bits per heavy atom. The number of hydrogen-bond acceptors (Lipinski definition) is 8. The third-order valence-electron chi connectivity index (χ3n) is 7.17. The summed E-state index contributed by atoms with van der Waals surface area (Å²) in [5, 5.41) is 3.36. The van der Waals surface area contributed by atoms with E-state index in [0.717, 1.165) is 35.7 Å². The molecule has 8 nitrogen and oxygen atoms in total. The van der Waals surface area contributed by atoms with Crippen LogP contribution in [0.1, 0.15) is 30.5 Å². The molecule has 0 radical (unpaired) electrons. The van der Waals surface area contributed by atoms with Crippen LogP contribution in [0.15, 0.2) is 54.4 Å². The number of nitrogens with one attached hydrogen (secondary N) is 1. The van der Waals surface area contributed by atoms with Crippen molar-refractivity contribution in [2.45, 2.75) is 31.5 Å². The highest BCUT2D eigenvalue weighted by atomic mass is 16.5. The lowest BCUT2D eigenvalue weighted by atomic mass is 10.1. The highest BCUT2D eigenvalue weighted by Crippen LogP contribution is 2.62. The fraction of sp³-hybridized carbons (Fsp3) is 0.481. The molecule has 1 saturated carbocycles. The molecule has 1 aliphatic carbocycles. The van der Waals surface area contributed by atoms with Crippen molar-refractivity contribution in [2.24, 2.45) is 5.92 Å². The van der Waals surface area contributed by atoms with E-state index in [4.69, 9.17) is 23.9 Å². The van der Waals surface area contributed by atoms with Gasteiger partial charge in [0.1, 0.15) is 12.4 Å². The predicted octanol–water partition coefficient (Wildman–Crippen LogP) is 3.93. The maximum Gasteiger partial charge on any atom is 0.227 e. The second kappa shape index (κ2) is 9.97. The zero-order valence-electron chi connectivity index (χ0n) is 19.9. The van der Waals surface area contributed by atoms with E-state index in [2.05, 4.69) is 21.3 Å². The molecule has 2 fully saturated rings. The van der Waals surface area contributed by atoms with Gasteiger partial charge in [-0.05, 0) is 55.8 Å². The first kappa shape index (κ1) is 22.5. The summed E-state index contributed by atoms with van der Waals surface area (Å²) in [6, 6.07) is 8.01. The fourth-order valence-electron chi connectivity index (χ4n) is 5.15. The van der Waals surface area contributed by atoms with Crippen LogP contribution in [-0.4, -0.2) is 60.9 Å². The van der Waals surface area contributed by atoms with Crippen molar-refractivity contribution in [1.82, 2.24) is 14.9 Å². The average Bonchev–Trinajstić information content (AvgIpc) is 3.19. The first-order valence-corrected chi connectivity index (χ1v) is 12.6. The second-order valence-electron chi connectivity index (χ2n) is 9.57. The van der Waals surface area contributed by atoms with Crippen molar-refractivity contribution in [2.75, 3.05) is 51.4 Å². The SMILES string of the molecule is C1=C2COC/C=C/COCc3cc(ccc3OCCN3CCCC3)Nc3nccc(n3)C3(CC23)O1. The molecule has 4 heterocycles. The number of hydrogen-bond donors (Lipinski definition) is 1. The molecular formula is C27H32N4O4. The summed E-state index contributed by atoms with van der Waals surface area (Å²) in [6.45, 7) is 6.03. The van der Waals surface area contributed by atoms with Gasteiger partial charge in [0.05, 0.1) is 38.4 Å². The van der Waals surface area contributed by atoms with E-state index in [0.29, 0.717) is 44.9 Å². The van der Waals surface area contributed by atoms with Gasteiger partial charge >= 0.3 is 0 Å². The molecule has 1 aromatic carbocycles. The van der Waals surface area contributed by atoms with Crippen LogP contribution in [0.5, 0.6) is 5.75 Å². The van der Waals surface area contributed by atoms with Crippen LogP contribution in [0.3, 0.4) is 0 Å². The van der Waals surface area contributed by atoms with Crippen LogP contribution in [0, 0.1) is 5.92 Å². The van der Waals surface area contributed by atoms with Gasteiger partial charge in [-0.2, -0.15) is 0 Å². The van der Waals surface area contributed by atoms with Crippen LogP contribution in [0.2, 0.25) is 0 Å². The van der Waals surface area contributed by atoms with Gasteiger partial charge < -0.3 is 24.3 Å². The molecule has 6 rings (SSSR count). The van der Waals surface area contributed by atoms with Crippen LogP contribution in [0.25, 0.3) is 0 Å². The summed E-state index contributed by atoms with van der Waals surface area (Å²) in [5.41, 5.74) is 3.61. The highest BCUT2D eigenvalue weighted by molar-refractivity contribution is 5.57. The lowest BCUT2D eigenvalue weighted by Gasteiger charge is -2.18. The van der Waals surface area contributed by atoms with E-state index >= 15 is 0 Å². The summed E-state index contributed by atoms with van der Waals surface area (Å²) < 4.78 is 24.0. The molecular weight excluding hydrogens is 444 g/mol. The molecule has 6 bridgehead atoms. The number of ether oxygens (including phenoxy) is 4. The van der Waals surface area contributed by atoms with E-state index in [-0.39, 0.29) is 5.60 Å². The maximum atomic E-state index is 6.17. The number of likely N-dealkylation sites (tertiary alicyclic amines) is 1. The standard InChI is InChI=1S/C27H32N4O4/c1-2-10-31(9-1)11-14-34-24-6-5-22-15-20(24)17-32-12-3-4-13-33-18-21-19-35-27(16-23(21)27)25-7-8-28-26(29-22)30-25/h3-8,15,19,23H,1-2,9-14,16-18H2,(H,28,29,30)/b4-3+. The molecule has 2 unspecified atom stereocenters. The Balaban J connectivity index is 1.21. The molecule has 3 aliphatic heterocycles. The van der Waals surface area contributed by atoms with Crippen molar-refractivity contribution in [1.29, 1.82) is 0 Å². The monoisotopic (exact) mass is 476 g/mol. The lowest BCUT2D eigenvalue weighted by molar-refractivity contribution is 0.123. The van der Waals surface area contributed by atoms with Gasteiger partial charge in [0.2, 0.25) is 5.95 Å². The van der Waals surface area contributed by atoms with E-state index in [1.165, 1.54) is 31.5 Å². The van der Waals surface area contributed by atoms with E-state index in [1.54, 1.807) is 6.20 Å². The first-order chi connectivity index (χ1) is 17.3. The van der Waals surface area contributed by atoms with Gasteiger partial charge in [0.15, 0.2) is 5.60 Å². The number of anilines is 2. The molecule has 1 N–H and O–H groups in total. The number of rotatable bonds is 4. The highest BCUT2D eigenvalue weighted by Gasteiger charge is 2.63. The van der Waals surface area contributed by atoms with Gasteiger partial charge in [0.25, 0.3) is 0 Å². The summed E-state index contributed by atoms with van der Waals surface area (Å²) in [7, 11) is 0. The number of nitrogens with zero attached hydrogens (tertiary/aromatic N) is 3. The minimum absolute atomic E-state index is 0.319. The normalized spacial score (nSPS) is 27.0. The Labute approximate surface area is 205 Å². The number of fused-ring (bicyclic) bond motifs is 4. The van der Waals surface area contributed by atoms with E-state index < -0.39 is 0 Å². The smallest absolute Gasteiger partial charge is 0.227 e. The quantitative estimate of drug-likeness (QED) is 0.666. The van der Waals surface area contributed by atoms with Gasteiger partial charge in [-0.25, -0.2) is 9.97 Å². The summed E-state index contributed by atoms with van der Waals surface area (Å²) in [5.74, 6) is 1.72. The summed E-state index contributed by atoms with van der Waals surface area (Å²) in [4.78, 5) is 11.7. The van der Waals surface area contributed by atoms with E-state index in [9.17, 15) is 0 Å². The van der Waals surface area contributed by atoms with Crippen LogP contribution < -0.4 is 10.1 Å². The van der Waals surface area contributed by atoms with Crippen molar-refractivity contribution in [3.05, 3.63) is 65.7 Å². The Morgan fingerprint density at radius 1 is 1.09 bits per heavy atom. The van der Waals surface area contributed by atoms with Gasteiger partial charge in [-0.3, -0.25) is 4.90 Å². The van der Waals surface area contributed by atoms with Gasteiger partial charge in [-0.1, -0.05) is 12.2 Å². The van der Waals surface area contributed by atoms with Crippen molar-refractivity contribution in [3.63, 3.8) is 0 Å². The summed E-state index contributed by atoms with van der Waals surface area (Å²) in [6.07, 6.45) is 11.1. The molecule has 8 heteroatoms. The Morgan fingerprint density at radius 3 is 2.80 bits per heavy atom. The topological polar surface area (TPSA) is 78.0 Å². The third-order valence-corrected chi connectivity index (χ3v) is 7.17. The van der Waals surface area contributed by atoms with E-state index in [1.807, 2.05) is 36.6 Å². The Hall–Kier alpha value is -2.94. The Bertz CT molecular complexity index is 1110. The average molecular weight is 477 g/mol.